The van der Waals surface area contributed by atoms with Crippen LogP contribution in [-0.4, -0.2) is 45.9 Å². The van der Waals surface area contributed by atoms with Crippen LogP contribution >= 0.6 is 0 Å². The highest BCUT2D eigenvalue weighted by Gasteiger charge is 2.39. The molecule has 128 valence electrons. The van der Waals surface area contributed by atoms with Crippen LogP contribution in [0, 0.1) is 11.2 Å². The Morgan fingerprint density at radius 3 is 2.65 bits per heavy atom. The van der Waals surface area contributed by atoms with Gasteiger partial charge in [0.2, 0.25) is 5.91 Å². The van der Waals surface area contributed by atoms with Gasteiger partial charge in [-0.1, -0.05) is 0 Å². The minimum absolute atomic E-state index is 0.0580. The number of benzene rings is 1. The summed E-state index contributed by atoms with van der Waals surface area (Å²) in [6.45, 7) is 3.16. The minimum atomic E-state index is -0.419. The zero-order valence-corrected chi connectivity index (χ0v) is 13.6. The summed E-state index contributed by atoms with van der Waals surface area (Å²) >= 11 is 0. The molecule has 1 aliphatic rings. The van der Waals surface area contributed by atoms with Crippen LogP contribution in [0.1, 0.15) is 19.3 Å². The van der Waals surface area contributed by atoms with Gasteiger partial charge in [0, 0.05) is 13.7 Å². The molecule has 2 rings (SSSR count). The van der Waals surface area contributed by atoms with Gasteiger partial charge in [-0.05, 0) is 56.6 Å². The zero-order chi connectivity index (χ0) is 16.5. The van der Waals surface area contributed by atoms with E-state index in [2.05, 4.69) is 10.6 Å². The van der Waals surface area contributed by atoms with E-state index in [0.29, 0.717) is 31.9 Å². The fourth-order valence-electron chi connectivity index (χ4n) is 2.80. The molecule has 0 unspecified atom stereocenters. The molecule has 23 heavy (non-hydrogen) atoms. The van der Waals surface area contributed by atoms with E-state index >= 15 is 0 Å². The molecule has 0 aromatic heterocycles. The first-order valence-electron chi connectivity index (χ1n) is 8.03. The zero-order valence-electron chi connectivity index (χ0n) is 13.6. The number of carbonyl (C=O) groups is 1. The number of ether oxygens (including phenoxy) is 2. The van der Waals surface area contributed by atoms with Gasteiger partial charge in [-0.2, -0.15) is 0 Å². The third-order valence-electron chi connectivity index (χ3n) is 4.15. The van der Waals surface area contributed by atoms with E-state index in [0.717, 1.165) is 25.9 Å². The van der Waals surface area contributed by atoms with E-state index in [4.69, 9.17) is 9.47 Å². The summed E-state index contributed by atoms with van der Waals surface area (Å²) in [6.07, 6.45) is 2.28. The summed E-state index contributed by atoms with van der Waals surface area (Å²) in [4.78, 5) is 12.5. The van der Waals surface area contributed by atoms with Gasteiger partial charge in [-0.25, -0.2) is 4.39 Å². The van der Waals surface area contributed by atoms with E-state index in [1.54, 1.807) is 19.2 Å². The average molecular weight is 324 g/mol. The van der Waals surface area contributed by atoms with Gasteiger partial charge in [0.05, 0.1) is 18.6 Å². The molecule has 1 aliphatic heterocycles. The van der Waals surface area contributed by atoms with Crippen LogP contribution in [0.15, 0.2) is 24.3 Å². The quantitative estimate of drug-likeness (QED) is 0.715. The van der Waals surface area contributed by atoms with Crippen molar-refractivity contribution in [1.82, 2.24) is 10.6 Å². The number of piperidine rings is 1. The lowest BCUT2D eigenvalue weighted by molar-refractivity contribution is -0.136. The van der Waals surface area contributed by atoms with Crippen LogP contribution in [0.2, 0.25) is 0 Å². The summed E-state index contributed by atoms with van der Waals surface area (Å²) < 4.78 is 23.5. The van der Waals surface area contributed by atoms with Crippen LogP contribution in [-0.2, 0) is 9.53 Å². The Morgan fingerprint density at radius 2 is 2.00 bits per heavy atom. The fraction of sp³-hybridized carbons (Fsp3) is 0.588. The number of amides is 1. The van der Waals surface area contributed by atoms with Crippen LogP contribution in [0.5, 0.6) is 5.75 Å². The van der Waals surface area contributed by atoms with Crippen molar-refractivity contribution in [2.75, 3.05) is 40.0 Å². The molecule has 0 aliphatic carbocycles. The monoisotopic (exact) mass is 324 g/mol. The van der Waals surface area contributed by atoms with E-state index < -0.39 is 5.41 Å². The van der Waals surface area contributed by atoms with Crippen molar-refractivity contribution < 1.29 is 18.7 Å². The van der Waals surface area contributed by atoms with Gasteiger partial charge in [-0.15, -0.1) is 0 Å². The Labute approximate surface area is 136 Å². The number of hydrogen-bond acceptors (Lipinski definition) is 4. The second kappa shape index (κ2) is 8.84. The highest BCUT2D eigenvalue weighted by Crippen LogP contribution is 2.29. The smallest absolute Gasteiger partial charge is 0.228 e. The summed E-state index contributed by atoms with van der Waals surface area (Å²) in [6, 6.07) is 5.92. The van der Waals surface area contributed by atoms with Crippen LogP contribution < -0.4 is 15.4 Å². The molecule has 1 heterocycles. The lowest BCUT2D eigenvalue weighted by Crippen LogP contribution is -2.50. The Morgan fingerprint density at radius 1 is 1.30 bits per heavy atom. The molecule has 2 N–H and O–H groups in total. The van der Waals surface area contributed by atoms with Gasteiger partial charge in [0.25, 0.3) is 0 Å². The number of methoxy groups -OCH3 is 1. The molecule has 1 aromatic carbocycles. The SMILES string of the molecule is COCC1(C(=O)NCCCOc2ccc(F)cc2)CCNCC1. The third-order valence-corrected chi connectivity index (χ3v) is 4.15. The van der Waals surface area contributed by atoms with Crippen LogP contribution in [0.3, 0.4) is 0 Å². The number of hydrogen-bond donors (Lipinski definition) is 2. The topological polar surface area (TPSA) is 59.6 Å². The first kappa shape index (κ1) is 17.7. The molecule has 6 heteroatoms. The molecule has 1 aromatic rings. The second-order valence-electron chi connectivity index (χ2n) is 5.88. The van der Waals surface area contributed by atoms with Crippen molar-refractivity contribution in [3.63, 3.8) is 0 Å². The molecule has 0 saturated carbocycles. The third kappa shape index (κ3) is 5.18. The number of carbonyl (C=O) groups excluding carboxylic acids is 1. The van der Waals surface area contributed by atoms with E-state index in [9.17, 15) is 9.18 Å². The van der Waals surface area contributed by atoms with Crippen molar-refractivity contribution in [2.45, 2.75) is 19.3 Å². The maximum absolute atomic E-state index is 12.8. The first-order chi connectivity index (χ1) is 11.2. The molecule has 0 atom stereocenters. The standard InChI is InChI=1S/C17H25FN2O3/c1-22-13-17(7-10-19-11-8-17)16(21)20-9-2-12-23-15-5-3-14(18)4-6-15/h3-6,19H,2,7-13H2,1H3,(H,20,21). The van der Waals surface area contributed by atoms with Crippen LogP contribution in [0.25, 0.3) is 0 Å². The number of halogens is 1. The van der Waals surface area contributed by atoms with Gasteiger partial charge in [0.15, 0.2) is 0 Å². The predicted octanol–water partition coefficient (Wildman–Crippen LogP) is 1.73. The lowest BCUT2D eigenvalue weighted by atomic mass is 9.78. The Kier molecular flexibility index (Phi) is 6.80. The van der Waals surface area contributed by atoms with E-state index in [1.165, 1.54) is 12.1 Å². The molecule has 1 fully saturated rings. The normalized spacial score (nSPS) is 16.8. The molecular formula is C17H25FN2O3. The molecule has 0 spiro atoms. The summed E-state index contributed by atoms with van der Waals surface area (Å²) in [7, 11) is 1.63. The number of rotatable bonds is 8. The maximum Gasteiger partial charge on any atom is 0.228 e. The molecule has 5 nitrogen and oxygen atoms in total. The van der Waals surface area contributed by atoms with Gasteiger partial charge in [-0.3, -0.25) is 4.79 Å². The first-order valence-corrected chi connectivity index (χ1v) is 8.03. The molecule has 1 saturated heterocycles. The van der Waals surface area contributed by atoms with E-state index in [1.807, 2.05) is 0 Å². The highest BCUT2D eigenvalue weighted by atomic mass is 19.1. The molecule has 0 bridgehead atoms. The molecular weight excluding hydrogens is 299 g/mol. The summed E-state index contributed by atoms with van der Waals surface area (Å²) in [5.74, 6) is 0.407. The summed E-state index contributed by atoms with van der Waals surface area (Å²) in [5, 5.41) is 6.26. The Bertz CT molecular complexity index is 482. The van der Waals surface area contributed by atoms with Crippen molar-refractivity contribution in [2.24, 2.45) is 5.41 Å². The van der Waals surface area contributed by atoms with Crippen molar-refractivity contribution in [3.8, 4) is 5.75 Å². The van der Waals surface area contributed by atoms with Crippen molar-refractivity contribution in [3.05, 3.63) is 30.1 Å². The fourth-order valence-corrected chi connectivity index (χ4v) is 2.80. The molecule has 0 radical (unpaired) electrons. The second-order valence-corrected chi connectivity index (χ2v) is 5.88. The lowest BCUT2D eigenvalue weighted by Gasteiger charge is -2.35. The molecule has 1 amide bonds. The predicted molar refractivity (Wildman–Crippen MR) is 85.9 cm³/mol. The van der Waals surface area contributed by atoms with Crippen molar-refractivity contribution >= 4 is 5.91 Å². The summed E-state index contributed by atoms with van der Waals surface area (Å²) in [5.41, 5.74) is -0.419. The van der Waals surface area contributed by atoms with E-state index in [-0.39, 0.29) is 11.7 Å². The number of nitrogens with one attached hydrogen (secondary N) is 2. The highest BCUT2D eigenvalue weighted by molar-refractivity contribution is 5.82. The average Bonchev–Trinajstić information content (AvgIpc) is 2.57. The van der Waals surface area contributed by atoms with Crippen LogP contribution in [0.4, 0.5) is 4.39 Å². The van der Waals surface area contributed by atoms with Gasteiger partial charge in [0.1, 0.15) is 11.6 Å². The maximum atomic E-state index is 12.8. The largest absolute Gasteiger partial charge is 0.494 e. The Hall–Kier alpha value is -1.66. The van der Waals surface area contributed by atoms with Crippen molar-refractivity contribution in [1.29, 1.82) is 0 Å². The Balaban J connectivity index is 1.70. The van der Waals surface area contributed by atoms with Gasteiger partial charge < -0.3 is 20.1 Å². The minimum Gasteiger partial charge on any atom is -0.494 e. The van der Waals surface area contributed by atoms with Gasteiger partial charge >= 0.3 is 0 Å².